The van der Waals surface area contributed by atoms with E-state index in [0.717, 1.165) is 17.1 Å². The lowest BCUT2D eigenvalue weighted by molar-refractivity contribution is 0.171. The van der Waals surface area contributed by atoms with Crippen LogP contribution in [-0.2, 0) is 4.74 Å². The van der Waals surface area contributed by atoms with E-state index in [-0.39, 0.29) is 6.79 Å². The SMILES string of the molecule is COC(=O)N/N=C\C=C\c1ccc2c(c1)OCO2. The second-order valence-electron chi connectivity index (χ2n) is 3.35. The van der Waals surface area contributed by atoms with Gasteiger partial charge in [-0.2, -0.15) is 5.10 Å². The molecule has 0 saturated heterocycles. The number of rotatable bonds is 3. The van der Waals surface area contributed by atoms with E-state index < -0.39 is 6.09 Å². The van der Waals surface area contributed by atoms with Gasteiger partial charge < -0.3 is 14.2 Å². The zero-order chi connectivity index (χ0) is 12.8. The highest BCUT2D eigenvalue weighted by atomic mass is 16.7. The van der Waals surface area contributed by atoms with Gasteiger partial charge in [0.15, 0.2) is 11.5 Å². The molecule has 0 bridgehead atoms. The zero-order valence-electron chi connectivity index (χ0n) is 9.75. The summed E-state index contributed by atoms with van der Waals surface area (Å²) in [7, 11) is 1.27. The smallest absolute Gasteiger partial charge is 0.427 e. The summed E-state index contributed by atoms with van der Waals surface area (Å²) in [6.07, 6.45) is 4.35. The van der Waals surface area contributed by atoms with Crippen LogP contribution in [0.3, 0.4) is 0 Å². The normalized spacial score (nSPS) is 13.2. The van der Waals surface area contributed by atoms with Crippen LogP contribution in [0.5, 0.6) is 11.5 Å². The van der Waals surface area contributed by atoms with Crippen molar-refractivity contribution in [3.05, 3.63) is 29.8 Å². The zero-order valence-corrected chi connectivity index (χ0v) is 9.75. The maximum atomic E-state index is 10.7. The van der Waals surface area contributed by atoms with Crippen LogP contribution in [0.4, 0.5) is 4.79 Å². The summed E-state index contributed by atoms with van der Waals surface area (Å²) in [4.78, 5) is 10.7. The molecule has 0 spiro atoms. The Morgan fingerprint density at radius 1 is 1.44 bits per heavy atom. The molecule has 0 saturated carbocycles. The van der Waals surface area contributed by atoms with Crippen molar-refractivity contribution in [3.63, 3.8) is 0 Å². The lowest BCUT2D eigenvalue weighted by atomic mass is 10.2. The fraction of sp³-hybridized carbons (Fsp3) is 0.167. The van der Waals surface area contributed by atoms with Gasteiger partial charge in [0, 0.05) is 6.21 Å². The maximum absolute atomic E-state index is 10.7. The lowest BCUT2D eigenvalue weighted by Gasteiger charge is -1.96. The van der Waals surface area contributed by atoms with Crippen molar-refractivity contribution in [2.24, 2.45) is 5.10 Å². The number of amides is 1. The first-order valence-electron chi connectivity index (χ1n) is 5.23. The molecule has 18 heavy (non-hydrogen) atoms. The van der Waals surface area contributed by atoms with Crippen molar-refractivity contribution in [3.8, 4) is 11.5 Å². The van der Waals surface area contributed by atoms with Gasteiger partial charge in [0.05, 0.1) is 7.11 Å². The fourth-order valence-corrected chi connectivity index (χ4v) is 1.35. The van der Waals surface area contributed by atoms with Crippen LogP contribution in [0, 0.1) is 0 Å². The number of fused-ring (bicyclic) bond motifs is 1. The number of methoxy groups -OCH3 is 1. The van der Waals surface area contributed by atoms with E-state index in [2.05, 4.69) is 15.3 Å². The summed E-state index contributed by atoms with van der Waals surface area (Å²) in [5.41, 5.74) is 3.12. The summed E-state index contributed by atoms with van der Waals surface area (Å²) in [6, 6.07) is 5.60. The van der Waals surface area contributed by atoms with Crippen molar-refractivity contribution in [1.82, 2.24) is 5.43 Å². The molecule has 1 aromatic rings. The van der Waals surface area contributed by atoms with E-state index in [4.69, 9.17) is 9.47 Å². The van der Waals surface area contributed by atoms with Crippen LogP contribution in [0.2, 0.25) is 0 Å². The monoisotopic (exact) mass is 248 g/mol. The van der Waals surface area contributed by atoms with Gasteiger partial charge in [-0.25, -0.2) is 10.2 Å². The van der Waals surface area contributed by atoms with Gasteiger partial charge >= 0.3 is 6.09 Å². The van der Waals surface area contributed by atoms with Crippen molar-refractivity contribution in [2.45, 2.75) is 0 Å². The van der Waals surface area contributed by atoms with E-state index in [9.17, 15) is 4.79 Å². The largest absolute Gasteiger partial charge is 0.454 e. The van der Waals surface area contributed by atoms with Crippen molar-refractivity contribution in [2.75, 3.05) is 13.9 Å². The number of hydrazone groups is 1. The second-order valence-corrected chi connectivity index (χ2v) is 3.35. The first-order valence-corrected chi connectivity index (χ1v) is 5.23. The molecule has 0 aliphatic carbocycles. The molecule has 1 aliphatic rings. The van der Waals surface area contributed by atoms with Crippen LogP contribution in [-0.4, -0.2) is 26.2 Å². The molecular weight excluding hydrogens is 236 g/mol. The molecular formula is C12H12N2O4. The molecule has 2 rings (SSSR count). The Kier molecular flexibility index (Phi) is 3.80. The van der Waals surface area contributed by atoms with E-state index >= 15 is 0 Å². The van der Waals surface area contributed by atoms with Gasteiger partial charge in [-0.05, 0) is 23.8 Å². The number of nitrogens with one attached hydrogen (secondary N) is 1. The predicted octanol–water partition coefficient (Wildman–Crippen LogP) is 1.77. The number of ether oxygens (including phenoxy) is 3. The Balaban J connectivity index is 1.91. The van der Waals surface area contributed by atoms with E-state index in [1.54, 1.807) is 6.08 Å². The topological polar surface area (TPSA) is 69.2 Å². The summed E-state index contributed by atoms with van der Waals surface area (Å²) >= 11 is 0. The Bertz CT molecular complexity index is 497. The molecule has 1 N–H and O–H groups in total. The Hall–Kier alpha value is -2.50. The predicted molar refractivity (Wildman–Crippen MR) is 65.6 cm³/mol. The van der Waals surface area contributed by atoms with Crippen LogP contribution < -0.4 is 14.9 Å². The molecule has 1 amide bonds. The van der Waals surface area contributed by atoms with Gasteiger partial charge in [0.25, 0.3) is 0 Å². The third-order valence-corrected chi connectivity index (χ3v) is 2.19. The van der Waals surface area contributed by atoms with Crippen LogP contribution >= 0.6 is 0 Å². The maximum Gasteiger partial charge on any atom is 0.427 e. The molecule has 0 aromatic heterocycles. The first-order chi connectivity index (χ1) is 8.79. The number of benzene rings is 1. The minimum atomic E-state index is -0.609. The molecule has 1 aliphatic heterocycles. The van der Waals surface area contributed by atoms with Gasteiger partial charge in [-0.1, -0.05) is 12.1 Å². The highest BCUT2D eigenvalue weighted by Gasteiger charge is 2.11. The fourth-order valence-electron chi connectivity index (χ4n) is 1.35. The Morgan fingerprint density at radius 2 is 2.28 bits per heavy atom. The van der Waals surface area contributed by atoms with Gasteiger partial charge in [-0.3, -0.25) is 0 Å². The van der Waals surface area contributed by atoms with E-state index in [1.807, 2.05) is 24.3 Å². The quantitative estimate of drug-likeness (QED) is 0.653. The Morgan fingerprint density at radius 3 is 3.11 bits per heavy atom. The third kappa shape index (κ3) is 3.00. The summed E-state index contributed by atoms with van der Waals surface area (Å²) in [5, 5.41) is 3.64. The van der Waals surface area contributed by atoms with Gasteiger partial charge in [0.2, 0.25) is 6.79 Å². The summed E-state index contributed by atoms with van der Waals surface area (Å²) < 4.78 is 14.8. The second kappa shape index (κ2) is 5.72. The number of carbonyl (C=O) groups is 1. The summed E-state index contributed by atoms with van der Waals surface area (Å²) in [6.45, 7) is 0.257. The number of hydrogen-bond donors (Lipinski definition) is 1. The number of carbonyl (C=O) groups excluding carboxylic acids is 1. The third-order valence-electron chi connectivity index (χ3n) is 2.19. The van der Waals surface area contributed by atoms with Crippen molar-refractivity contribution >= 4 is 18.4 Å². The molecule has 1 aromatic carbocycles. The molecule has 0 fully saturated rings. The highest BCUT2D eigenvalue weighted by molar-refractivity contribution is 5.79. The molecule has 0 radical (unpaired) electrons. The minimum Gasteiger partial charge on any atom is -0.454 e. The average molecular weight is 248 g/mol. The molecule has 0 atom stereocenters. The first kappa shape index (κ1) is 12.0. The number of allylic oxidation sites excluding steroid dienone is 1. The van der Waals surface area contributed by atoms with Crippen molar-refractivity contribution in [1.29, 1.82) is 0 Å². The van der Waals surface area contributed by atoms with E-state index in [0.29, 0.717) is 0 Å². The van der Waals surface area contributed by atoms with E-state index in [1.165, 1.54) is 13.3 Å². The average Bonchev–Trinajstić information content (AvgIpc) is 2.85. The summed E-state index contributed by atoms with van der Waals surface area (Å²) in [5.74, 6) is 1.47. The molecule has 1 heterocycles. The number of hydrogen-bond acceptors (Lipinski definition) is 5. The Labute approximate surface area is 104 Å². The van der Waals surface area contributed by atoms with Gasteiger partial charge in [0.1, 0.15) is 0 Å². The highest BCUT2D eigenvalue weighted by Crippen LogP contribution is 2.32. The van der Waals surface area contributed by atoms with Gasteiger partial charge in [-0.15, -0.1) is 0 Å². The minimum absolute atomic E-state index is 0.257. The molecule has 6 heteroatoms. The van der Waals surface area contributed by atoms with Crippen LogP contribution in [0.15, 0.2) is 29.4 Å². The number of nitrogens with zero attached hydrogens (tertiary/aromatic N) is 1. The molecule has 94 valence electrons. The molecule has 0 unspecified atom stereocenters. The molecule has 6 nitrogen and oxygen atoms in total. The van der Waals surface area contributed by atoms with Crippen LogP contribution in [0.1, 0.15) is 5.56 Å². The lowest BCUT2D eigenvalue weighted by Crippen LogP contribution is -2.16. The van der Waals surface area contributed by atoms with Crippen molar-refractivity contribution < 1.29 is 19.0 Å². The standard InChI is InChI=1S/C12H12N2O4/c1-16-12(15)14-13-6-2-3-9-4-5-10-11(7-9)18-8-17-10/h2-7H,8H2,1H3,(H,14,15)/b3-2+,13-6-. The van der Waals surface area contributed by atoms with Crippen LogP contribution in [0.25, 0.3) is 6.08 Å².